The van der Waals surface area contributed by atoms with Crippen LogP contribution in [-0.2, 0) is 14.3 Å². The normalized spacial score (nSPS) is 19.2. The average Bonchev–Trinajstić information content (AvgIpc) is 2.40. The summed E-state index contributed by atoms with van der Waals surface area (Å²) in [6.45, 7) is 3.58. The van der Waals surface area contributed by atoms with E-state index in [1.54, 1.807) is 0 Å². The summed E-state index contributed by atoms with van der Waals surface area (Å²) in [4.78, 5) is 24.8. The van der Waals surface area contributed by atoms with E-state index in [1.165, 1.54) is 0 Å². The van der Waals surface area contributed by atoms with E-state index < -0.39 is 5.97 Å². The number of benzene rings is 1. The van der Waals surface area contributed by atoms with E-state index in [0.29, 0.717) is 19.8 Å². The first kappa shape index (κ1) is 15.5. The Balaban J connectivity index is 1.92. The van der Waals surface area contributed by atoms with Crippen LogP contribution in [0.5, 0.6) is 0 Å². The van der Waals surface area contributed by atoms with Gasteiger partial charge in [0.05, 0.1) is 26.2 Å². The third-order valence-corrected chi connectivity index (χ3v) is 3.41. The van der Waals surface area contributed by atoms with E-state index in [-0.39, 0.29) is 24.9 Å². The molecule has 1 fully saturated rings. The third kappa shape index (κ3) is 4.84. The quantitative estimate of drug-likeness (QED) is 0.850. The van der Waals surface area contributed by atoms with Gasteiger partial charge in [0.25, 0.3) is 0 Å². The van der Waals surface area contributed by atoms with Crippen molar-refractivity contribution in [3.05, 3.63) is 29.8 Å². The first-order chi connectivity index (χ1) is 10.0. The Kier molecular flexibility index (Phi) is 5.30. The minimum Gasteiger partial charge on any atom is -0.481 e. The Bertz CT molecular complexity index is 518. The second kappa shape index (κ2) is 7.19. The fraction of sp³-hybridized carbons (Fsp3) is 0.467. The summed E-state index contributed by atoms with van der Waals surface area (Å²) in [6, 6.07) is 7.32. The van der Waals surface area contributed by atoms with Crippen molar-refractivity contribution >= 4 is 17.6 Å². The molecule has 0 aromatic heterocycles. The largest absolute Gasteiger partial charge is 0.481 e. The van der Waals surface area contributed by atoms with Gasteiger partial charge in [-0.1, -0.05) is 12.1 Å². The molecule has 1 aromatic rings. The molecule has 21 heavy (non-hydrogen) atoms. The SMILES string of the molecule is Cc1cccc(NC(=O)CN2CCOCC2CC(=O)O)c1. The maximum atomic E-state index is 12.1. The number of aliphatic carboxylic acids is 1. The summed E-state index contributed by atoms with van der Waals surface area (Å²) in [6.07, 6.45) is -0.0161. The molecule has 1 heterocycles. The van der Waals surface area contributed by atoms with Crippen molar-refractivity contribution in [2.24, 2.45) is 0 Å². The molecule has 0 saturated carbocycles. The molecule has 2 rings (SSSR count). The molecule has 114 valence electrons. The van der Waals surface area contributed by atoms with Crippen molar-refractivity contribution in [2.75, 3.05) is 31.6 Å². The molecule has 1 aromatic carbocycles. The first-order valence-corrected chi connectivity index (χ1v) is 6.94. The number of hydrogen-bond donors (Lipinski definition) is 2. The van der Waals surface area contributed by atoms with Crippen molar-refractivity contribution in [2.45, 2.75) is 19.4 Å². The van der Waals surface area contributed by atoms with Gasteiger partial charge in [0.15, 0.2) is 0 Å². The van der Waals surface area contributed by atoms with E-state index in [0.717, 1.165) is 11.3 Å². The van der Waals surface area contributed by atoms with Gasteiger partial charge in [0.2, 0.25) is 5.91 Å². The van der Waals surface area contributed by atoms with Gasteiger partial charge >= 0.3 is 5.97 Å². The maximum Gasteiger partial charge on any atom is 0.305 e. The standard InChI is InChI=1S/C15H20N2O4/c1-11-3-2-4-12(7-11)16-14(18)9-17-5-6-21-10-13(17)8-15(19)20/h2-4,7,13H,5-6,8-10H2,1H3,(H,16,18)(H,19,20). The van der Waals surface area contributed by atoms with Crippen LogP contribution in [0.3, 0.4) is 0 Å². The van der Waals surface area contributed by atoms with Crippen LogP contribution in [0, 0.1) is 6.92 Å². The van der Waals surface area contributed by atoms with E-state index in [9.17, 15) is 9.59 Å². The van der Waals surface area contributed by atoms with Crippen LogP contribution in [0.2, 0.25) is 0 Å². The number of carboxylic acid groups (broad SMARTS) is 1. The van der Waals surface area contributed by atoms with Gasteiger partial charge < -0.3 is 15.2 Å². The van der Waals surface area contributed by atoms with Crippen LogP contribution in [0.4, 0.5) is 5.69 Å². The molecular formula is C15H20N2O4. The minimum atomic E-state index is -0.880. The number of ether oxygens (including phenoxy) is 1. The summed E-state index contributed by atoms with van der Waals surface area (Å²) in [5.74, 6) is -1.02. The fourth-order valence-corrected chi connectivity index (χ4v) is 2.39. The summed E-state index contributed by atoms with van der Waals surface area (Å²) in [7, 11) is 0. The summed E-state index contributed by atoms with van der Waals surface area (Å²) in [5.41, 5.74) is 1.82. The Morgan fingerprint density at radius 3 is 3.00 bits per heavy atom. The molecule has 1 saturated heterocycles. The van der Waals surface area contributed by atoms with Gasteiger partial charge in [-0.05, 0) is 24.6 Å². The lowest BCUT2D eigenvalue weighted by Gasteiger charge is -2.34. The van der Waals surface area contributed by atoms with Crippen LogP contribution < -0.4 is 5.32 Å². The molecule has 0 aliphatic carbocycles. The topological polar surface area (TPSA) is 78.9 Å². The van der Waals surface area contributed by atoms with E-state index in [1.807, 2.05) is 36.1 Å². The lowest BCUT2D eigenvalue weighted by molar-refractivity contribution is -0.141. The zero-order chi connectivity index (χ0) is 15.2. The Morgan fingerprint density at radius 2 is 2.29 bits per heavy atom. The minimum absolute atomic E-state index is 0.0161. The molecule has 2 N–H and O–H groups in total. The van der Waals surface area contributed by atoms with Crippen molar-refractivity contribution in [3.63, 3.8) is 0 Å². The van der Waals surface area contributed by atoms with E-state index in [4.69, 9.17) is 9.84 Å². The smallest absolute Gasteiger partial charge is 0.305 e. The van der Waals surface area contributed by atoms with Gasteiger partial charge in [-0.25, -0.2) is 0 Å². The number of carboxylic acids is 1. The summed E-state index contributed by atoms with van der Waals surface area (Å²) in [5, 5.41) is 11.7. The monoisotopic (exact) mass is 292 g/mol. The number of nitrogens with one attached hydrogen (secondary N) is 1. The highest BCUT2D eigenvalue weighted by atomic mass is 16.5. The number of carbonyl (C=O) groups excluding carboxylic acids is 1. The zero-order valence-electron chi connectivity index (χ0n) is 12.0. The van der Waals surface area contributed by atoms with Crippen molar-refractivity contribution in [1.29, 1.82) is 0 Å². The molecule has 6 heteroatoms. The molecule has 1 unspecified atom stereocenters. The van der Waals surface area contributed by atoms with Gasteiger partial charge in [-0.2, -0.15) is 0 Å². The zero-order valence-corrected chi connectivity index (χ0v) is 12.0. The highest BCUT2D eigenvalue weighted by Gasteiger charge is 2.26. The number of hydrogen-bond acceptors (Lipinski definition) is 4. The number of nitrogens with zero attached hydrogens (tertiary/aromatic N) is 1. The summed E-state index contributed by atoms with van der Waals surface area (Å²) >= 11 is 0. The number of aryl methyl sites for hydroxylation is 1. The van der Waals surface area contributed by atoms with E-state index >= 15 is 0 Å². The van der Waals surface area contributed by atoms with Crippen molar-refractivity contribution < 1.29 is 19.4 Å². The molecule has 0 bridgehead atoms. The van der Waals surface area contributed by atoms with Crippen LogP contribution in [0.1, 0.15) is 12.0 Å². The lowest BCUT2D eigenvalue weighted by atomic mass is 10.1. The van der Waals surface area contributed by atoms with Gasteiger partial charge in [0.1, 0.15) is 0 Å². The number of carbonyl (C=O) groups is 2. The van der Waals surface area contributed by atoms with Gasteiger partial charge in [-0.15, -0.1) is 0 Å². The highest BCUT2D eigenvalue weighted by Crippen LogP contribution is 2.12. The molecule has 0 radical (unpaired) electrons. The van der Waals surface area contributed by atoms with Crippen LogP contribution in [-0.4, -0.2) is 54.2 Å². The van der Waals surface area contributed by atoms with Gasteiger partial charge in [-0.3, -0.25) is 14.5 Å². The number of anilines is 1. The molecule has 1 amide bonds. The second-order valence-corrected chi connectivity index (χ2v) is 5.21. The van der Waals surface area contributed by atoms with Crippen LogP contribution in [0.15, 0.2) is 24.3 Å². The van der Waals surface area contributed by atoms with Crippen LogP contribution >= 0.6 is 0 Å². The Hall–Kier alpha value is -1.92. The lowest BCUT2D eigenvalue weighted by Crippen LogP contribution is -2.49. The van der Waals surface area contributed by atoms with Crippen molar-refractivity contribution in [3.8, 4) is 0 Å². The maximum absolute atomic E-state index is 12.1. The average molecular weight is 292 g/mol. The number of morpholine rings is 1. The predicted molar refractivity (Wildman–Crippen MR) is 78.2 cm³/mol. The Labute approximate surface area is 123 Å². The highest BCUT2D eigenvalue weighted by molar-refractivity contribution is 5.92. The number of rotatable bonds is 5. The second-order valence-electron chi connectivity index (χ2n) is 5.21. The Morgan fingerprint density at radius 1 is 1.48 bits per heavy atom. The summed E-state index contributed by atoms with van der Waals surface area (Å²) < 4.78 is 5.29. The van der Waals surface area contributed by atoms with Crippen LogP contribution in [0.25, 0.3) is 0 Å². The molecule has 6 nitrogen and oxygen atoms in total. The van der Waals surface area contributed by atoms with E-state index in [2.05, 4.69) is 5.32 Å². The van der Waals surface area contributed by atoms with Gasteiger partial charge in [0, 0.05) is 18.3 Å². The number of amides is 1. The molecule has 1 aliphatic rings. The third-order valence-electron chi connectivity index (χ3n) is 3.41. The first-order valence-electron chi connectivity index (χ1n) is 6.94. The van der Waals surface area contributed by atoms with Crippen molar-refractivity contribution in [1.82, 2.24) is 4.90 Å². The predicted octanol–water partition coefficient (Wildman–Crippen LogP) is 1.11. The molecular weight excluding hydrogens is 272 g/mol. The molecule has 1 atom stereocenters. The molecule has 1 aliphatic heterocycles. The molecule has 0 spiro atoms. The fourth-order valence-electron chi connectivity index (χ4n) is 2.39.